The van der Waals surface area contributed by atoms with E-state index in [1.807, 2.05) is 30.3 Å². The van der Waals surface area contributed by atoms with E-state index in [1.54, 1.807) is 0 Å². The second-order valence-corrected chi connectivity index (χ2v) is 7.13. The summed E-state index contributed by atoms with van der Waals surface area (Å²) < 4.78 is 6.22. The van der Waals surface area contributed by atoms with Gasteiger partial charge in [0.1, 0.15) is 5.60 Å². The van der Waals surface area contributed by atoms with Crippen molar-refractivity contribution in [1.82, 2.24) is 4.90 Å². The monoisotopic (exact) mass is 353 g/mol. The first-order chi connectivity index (χ1) is 11.1. The predicted octanol–water partition coefficient (Wildman–Crippen LogP) is 4.95. The number of ether oxygens (including phenoxy) is 1. The van der Waals surface area contributed by atoms with E-state index in [1.165, 1.54) is 6.42 Å². The number of rotatable bonds is 7. The zero-order chi connectivity index (χ0) is 16.7. The van der Waals surface area contributed by atoms with Crippen molar-refractivity contribution in [3.63, 3.8) is 0 Å². The van der Waals surface area contributed by atoms with Gasteiger partial charge in [0.05, 0.1) is 5.56 Å². The molecule has 0 spiro atoms. The largest absolute Gasteiger partial charge is 0.455 e. The van der Waals surface area contributed by atoms with Crippen molar-refractivity contribution in [3.05, 3.63) is 35.9 Å². The maximum Gasteiger partial charge on any atom is 0.338 e. The Balaban J connectivity index is 0.00000288. The van der Waals surface area contributed by atoms with Crippen LogP contribution in [0.25, 0.3) is 0 Å². The molecule has 2 atom stereocenters. The molecule has 1 aliphatic rings. The average Bonchev–Trinajstić information content (AvgIpc) is 2.55. The molecular weight excluding hydrogens is 322 g/mol. The van der Waals surface area contributed by atoms with E-state index in [0.29, 0.717) is 11.5 Å². The molecule has 0 radical (unpaired) electrons. The van der Waals surface area contributed by atoms with Crippen LogP contribution >= 0.6 is 12.4 Å². The fraction of sp³-hybridized carbons (Fsp3) is 0.650. The van der Waals surface area contributed by atoms with Crippen LogP contribution < -0.4 is 0 Å². The molecule has 0 heterocycles. The molecule has 1 aromatic carbocycles. The Hall–Kier alpha value is -1.06. The van der Waals surface area contributed by atoms with Crippen molar-refractivity contribution in [2.45, 2.75) is 57.5 Å². The highest BCUT2D eigenvalue weighted by atomic mass is 35.5. The molecule has 24 heavy (non-hydrogen) atoms. The van der Waals surface area contributed by atoms with Gasteiger partial charge in [-0.15, -0.1) is 12.4 Å². The molecule has 2 unspecified atom stereocenters. The summed E-state index contributed by atoms with van der Waals surface area (Å²) in [5.41, 5.74) is 0.378. The van der Waals surface area contributed by atoms with Crippen molar-refractivity contribution in [1.29, 1.82) is 0 Å². The van der Waals surface area contributed by atoms with Gasteiger partial charge in [0, 0.05) is 12.5 Å². The minimum absolute atomic E-state index is 0. The van der Waals surface area contributed by atoms with Crippen molar-refractivity contribution >= 4 is 18.4 Å². The van der Waals surface area contributed by atoms with E-state index in [-0.39, 0.29) is 24.0 Å². The van der Waals surface area contributed by atoms with Gasteiger partial charge in [0.15, 0.2) is 0 Å². The van der Waals surface area contributed by atoms with Crippen LogP contribution in [0.2, 0.25) is 0 Å². The first-order valence-electron chi connectivity index (χ1n) is 9.00. The zero-order valence-corrected chi connectivity index (χ0v) is 16.1. The zero-order valence-electron chi connectivity index (χ0n) is 15.3. The van der Waals surface area contributed by atoms with Crippen LogP contribution in [0.3, 0.4) is 0 Å². The molecule has 0 aliphatic heterocycles. The number of unbranched alkanes of at least 4 members (excludes halogenated alkanes) is 1. The molecule has 0 saturated heterocycles. The first kappa shape index (κ1) is 21.0. The summed E-state index contributed by atoms with van der Waals surface area (Å²) >= 11 is 0. The van der Waals surface area contributed by atoms with Crippen LogP contribution in [0, 0.1) is 5.92 Å². The third-order valence-corrected chi connectivity index (χ3v) is 4.99. The Morgan fingerprint density at radius 2 is 1.96 bits per heavy atom. The molecular formula is C20H32ClNO2. The van der Waals surface area contributed by atoms with Gasteiger partial charge in [0.25, 0.3) is 0 Å². The van der Waals surface area contributed by atoms with Crippen molar-refractivity contribution in [2.24, 2.45) is 5.92 Å². The Labute approximate surface area is 153 Å². The summed E-state index contributed by atoms with van der Waals surface area (Å²) in [7, 11) is 4.22. The number of halogens is 1. The van der Waals surface area contributed by atoms with Gasteiger partial charge in [-0.1, -0.05) is 38.0 Å². The van der Waals surface area contributed by atoms with E-state index in [4.69, 9.17) is 4.74 Å². The van der Waals surface area contributed by atoms with Gasteiger partial charge in [-0.05, 0) is 58.3 Å². The Morgan fingerprint density at radius 3 is 2.58 bits per heavy atom. The van der Waals surface area contributed by atoms with Crippen molar-refractivity contribution < 1.29 is 9.53 Å². The van der Waals surface area contributed by atoms with Crippen LogP contribution in [0.1, 0.15) is 62.2 Å². The number of esters is 1. The fourth-order valence-electron chi connectivity index (χ4n) is 3.79. The second-order valence-electron chi connectivity index (χ2n) is 7.13. The molecule has 1 fully saturated rings. The summed E-state index contributed by atoms with van der Waals surface area (Å²) in [5.74, 6) is 0.276. The second kappa shape index (κ2) is 10.0. The quantitative estimate of drug-likeness (QED) is 0.650. The van der Waals surface area contributed by atoms with E-state index in [0.717, 1.165) is 45.1 Å². The number of carbonyl (C=O) groups is 1. The molecule has 0 N–H and O–H groups in total. The maximum absolute atomic E-state index is 12.7. The fourth-order valence-corrected chi connectivity index (χ4v) is 3.79. The standard InChI is InChI=1S/C20H31NO2.ClH/c1-4-5-14-20(15-10-9-13-18(20)16-21(2)3)23-19(22)17-11-7-6-8-12-17;/h6-8,11-12,18H,4-5,9-10,13-16H2,1-3H3;1H. The van der Waals surface area contributed by atoms with E-state index < -0.39 is 0 Å². The van der Waals surface area contributed by atoms with E-state index >= 15 is 0 Å². The third-order valence-electron chi connectivity index (χ3n) is 4.99. The van der Waals surface area contributed by atoms with Gasteiger partial charge in [-0.3, -0.25) is 0 Å². The minimum Gasteiger partial charge on any atom is -0.455 e. The first-order valence-corrected chi connectivity index (χ1v) is 9.00. The van der Waals surface area contributed by atoms with Gasteiger partial charge in [0.2, 0.25) is 0 Å². The van der Waals surface area contributed by atoms with Crippen LogP contribution in [0.4, 0.5) is 0 Å². The lowest BCUT2D eigenvalue weighted by Crippen LogP contribution is -2.48. The van der Waals surface area contributed by atoms with Crippen LogP contribution in [0.15, 0.2) is 30.3 Å². The molecule has 0 aromatic heterocycles. The minimum atomic E-state index is -0.286. The summed E-state index contributed by atoms with van der Waals surface area (Å²) in [4.78, 5) is 14.9. The third kappa shape index (κ3) is 5.49. The number of carbonyl (C=O) groups excluding carboxylic acids is 1. The summed E-state index contributed by atoms with van der Waals surface area (Å²) in [6.45, 7) is 3.20. The van der Waals surface area contributed by atoms with Crippen LogP contribution in [-0.4, -0.2) is 37.1 Å². The summed E-state index contributed by atoms with van der Waals surface area (Å²) in [6, 6.07) is 9.42. The molecule has 1 aliphatic carbocycles. The smallest absolute Gasteiger partial charge is 0.338 e. The molecule has 0 amide bonds. The number of benzene rings is 1. The molecule has 1 aromatic rings. The van der Waals surface area contributed by atoms with Gasteiger partial charge >= 0.3 is 5.97 Å². The Kier molecular flexibility index (Phi) is 8.79. The Bertz CT molecular complexity index is 492. The van der Waals surface area contributed by atoms with E-state index in [2.05, 4.69) is 25.9 Å². The number of nitrogens with zero attached hydrogens (tertiary/aromatic N) is 1. The SMILES string of the molecule is CCCCC1(OC(=O)c2ccccc2)CCCCC1CN(C)C.Cl. The van der Waals surface area contributed by atoms with Crippen molar-refractivity contribution in [3.8, 4) is 0 Å². The lowest BCUT2D eigenvalue weighted by atomic mass is 9.72. The molecule has 2 rings (SSSR count). The van der Waals surface area contributed by atoms with Crippen molar-refractivity contribution in [2.75, 3.05) is 20.6 Å². The van der Waals surface area contributed by atoms with Gasteiger partial charge in [-0.2, -0.15) is 0 Å². The summed E-state index contributed by atoms with van der Waals surface area (Å²) in [6.07, 6.45) is 7.81. The van der Waals surface area contributed by atoms with Gasteiger partial charge < -0.3 is 9.64 Å². The topological polar surface area (TPSA) is 29.5 Å². The highest BCUT2D eigenvalue weighted by molar-refractivity contribution is 5.89. The lowest BCUT2D eigenvalue weighted by molar-refractivity contribution is -0.0829. The molecule has 136 valence electrons. The molecule has 3 nitrogen and oxygen atoms in total. The van der Waals surface area contributed by atoms with Gasteiger partial charge in [-0.25, -0.2) is 4.79 Å². The van der Waals surface area contributed by atoms with Crippen LogP contribution in [-0.2, 0) is 4.74 Å². The highest BCUT2D eigenvalue weighted by Crippen LogP contribution is 2.41. The number of hydrogen-bond acceptors (Lipinski definition) is 3. The average molecular weight is 354 g/mol. The molecule has 0 bridgehead atoms. The maximum atomic E-state index is 12.7. The lowest BCUT2D eigenvalue weighted by Gasteiger charge is -2.44. The highest BCUT2D eigenvalue weighted by Gasteiger charge is 2.43. The van der Waals surface area contributed by atoms with E-state index in [9.17, 15) is 4.79 Å². The number of hydrogen-bond donors (Lipinski definition) is 0. The predicted molar refractivity (Wildman–Crippen MR) is 102 cm³/mol. The Morgan fingerprint density at radius 1 is 1.25 bits per heavy atom. The molecule has 4 heteroatoms. The summed E-state index contributed by atoms with van der Waals surface area (Å²) in [5, 5.41) is 0. The normalized spacial score (nSPS) is 23.6. The van der Waals surface area contributed by atoms with Crippen LogP contribution in [0.5, 0.6) is 0 Å². The molecule has 1 saturated carbocycles.